The second kappa shape index (κ2) is 6.56. The van der Waals surface area contributed by atoms with Crippen LogP contribution in [0.2, 0.25) is 0 Å². The lowest BCUT2D eigenvalue weighted by Gasteiger charge is -2.09. The van der Waals surface area contributed by atoms with E-state index in [4.69, 9.17) is 4.74 Å². The summed E-state index contributed by atoms with van der Waals surface area (Å²) in [6, 6.07) is 13.8. The zero-order valence-electron chi connectivity index (χ0n) is 14.1. The molecule has 3 aromatic rings. The van der Waals surface area contributed by atoms with Crippen molar-refractivity contribution in [1.82, 2.24) is 15.0 Å². The van der Waals surface area contributed by atoms with Crippen molar-refractivity contribution in [2.24, 2.45) is 7.05 Å². The average molecular weight is 358 g/mol. The summed E-state index contributed by atoms with van der Waals surface area (Å²) in [6.07, 6.45) is 0. The molecule has 130 valence electrons. The molecule has 0 unspecified atom stereocenters. The van der Waals surface area contributed by atoms with Crippen molar-refractivity contribution < 1.29 is 13.2 Å². The first kappa shape index (κ1) is 17.0. The van der Waals surface area contributed by atoms with Crippen LogP contribution in [0.25, 0.3) is 0 Å². The number of hydrogen-bond donors (Lipinski definition) is 1. The molecule has 1 aromatic heterocycles. The number of benzene rings is 2. The normalized spacial score (nSPS) is 11.3. The van der Waals surface area contributed by atoms with Crippen molar-refractivity contribution in [3.63, 3.8) is 0 Å². The Balaban J connectivity index is 1.78. The summed E-state index contributed by atoms with van der Waals surface area (Å²) < 4.78 is 34.6. The molecule has 2 aromatic carbocycles. The molecule has 0 saturated heterocycles. The van der Waals surface area contributed by atoms with Crippen LogP contribution >= 0.6 is 0 Å². The molecule has 0 aliphatic heterocycles. The molecule has 0 saturated carbocycles. The second-order valence-electron chi connectivity index (χ2n) is 5.64. The monoisotopic (exact) mass is 358 g/mol. The molecule has 1 N–H and O–H groups in total. The van der Waals surface area contributed by atoms with Crippen LogP contribution in [-0.2, 0) is 17.1 Å². The van der Waals surface area contributed by atoms with E-state index in [1.54, 1.807) is 26.1 Å². The number of aryl methyl sites for hydroxylation is 2. The van der Waals surface area contributed by atoms with Crippen LogP contribution in [0.3, 0.4) is 0 Å². The Morgan fingerprint density at radius 1 is 1.04 bits per heavy atom. The van der Waals surface area contributed by atoms with Crippen LogP contribution < -0.4 is 9.46 Å². The molecule has 0 aliphatic carbocycles. The predicted molar refractivity (Wildman–Crippen MR) is 94.2 cm³/mol. The van der Waals surface area contributed by atoms with E-state index in [1.165, 1.54) is 16.8 Å². The Hall–Kier alpha value is -2.87. The lowest BCUT2D eigenvalue weighted by molar-refractivity contribution is 0.482. The van der Waals surface area contributed by atoms with E-state index in [9.17, 15) is 8.42 Å². The Labute approximate surface area is 146 Å². The minimum Gasteiger partial charge on any atom is -0.457 e. The number of aromatic nitrogens is 3. The summed E-state index contributed by atoms with van der Waals surface area (Å²) >= 11 is 0. The summed E-state index contributed by atoms with van der Waals surface area (Å²) in [5.41, 5.74) is 1.71. The molecule has 0 amide bonds. The van der Waals surface area contributed by atoms with Crippen molar-refractivity contribution in [3.8, 4) is 11.5 Å². The Morgan fingerprint density at radius 2 is 1.76 bits per heavy atom. The highest BCUT2D eigenvalue weighted by molar-refractivity contribution is 7.92. The van der Waals surface area contributed by atoms with Crippen molar-refractivity contribution in [2.75, 3.05) is 4.72 Å². The van der Waals surface area contributed by atoms with Crippen molar-refractivity contribution in [3.05, 3.63) is 59.8 Å². The van der Waals surface area contributed by atoms with Gasteiger partial charge in [0.05, 0.1) is 10.6 Å². The number of ether oxygens (including phenoxy) is 1. The molecule has 0 radical (unpaired) electrons. The number of rotatable bonds is 5. The zero-order chi connectivity index (χ0) is 18.0. The smallest absolute Gasteiger partial charge is 0.263 e. The van der Waals surface area contributed by atoms with Gasteiger partial charge in [0, 0.05) is 7.05 Å². The molecule has 0 aliphatic rings. The van der Waals surface area contributed by atoms with E-state index in [0.717, 1.165) is 5.56 Å². The van der Waals surface area contributed by atoms with Gasteiger partial charge in [0.25, 0.3) is 10.0 Å². The summed E-state index contributed by atoms with van der Waals surface area (Å²) in [7, 11) is -2.05. The van der Waals surface area contributed by atoms with Crippen LogP contribution in [0, 0.1) is 13.8 Å². The molecular weight excluding hydrogens is 340 g/mol. The third-order valence-corrected chi connectivity index (χ3v) is 5.05. The fourth-order valence-corrected chi connectivity index (χ4v) is 3.24. The van der Waals surface area contributed by atoms with Gasteiger partial charge in [0.1, 0.15) is 11.5 Å². The Morgan fingerprint density at radius 3 is 2.36 bits per heavy atom. The van der Waals surface area contributed by atoms with Crippen molar-refractivity contribution >= 4 is 15.8 Å². The molecular formula is C17H18N4O3S. The van der Waals surface area contributed by atoms with Gasteiger partial charge in [-0.25, -0.2) is 8.42 Å². The lowest BCUT2D eigenvalue weighted by Crippen LogP contribution is -2.14. The SMILES string of the molecule is Cc1cccc(Oc2ccc(S(=O)(=O)Nc3nnn(C)c3C)cc2)c1. The molecule has 7 nitrogen and oxygen atoms in total. The number of nitrogens with one attached hydrogen (secondary N) is 1. The fourth-order valence-electron chi connectivity index (χ4n) is 2.19. The number of nitrogens with zero attached hydrogens (tertiary/aromatic N) is 3. The fraction of sp³-hybridized carbons (Fsp3) is 0.176. The molecule has 1 heterocycles. The van der Waals surface area contributed by atoms with Gasteiger partial charge in [-0.05, 0) is 55.8 Å². The second-order valence-corrected chi connectivity index (χ2v) is 7.32. The van der Waals surface area contributed by atoms with Gasteiger partial charge in [-0.1, -0.05) is 17.3 Å². The molecule has 3 rings (SSSR count). The molecule has 8 heteroatoms. The quantitative estimate of drug-likeness (QED) is 0.758. The number of hydrogen-bond acceptors (Lipinski definition) is 5. The van der Waals surface area contributed by atoms with E-state index < -0.39 is 10.0 Å². The third-order valence-electron chi connectivity index (χ3n) is 3.70. The number of anilines is 1. The predicted octanol–water partition coefficient (Wildman–Crippen LogP) is 3.03. The molecule has 0 fully saturated rings. The lowest BCUT2D eigenvalue weighted by atomic mass is 10.2. The summed E-state index contributed by atoms with van der Waals surface area (Å²) in [5, 5.41) is 7.59. The summed E-state index contributed by atoms with van der Waals surface area (Å²) in [5.74, 6) is 1.46. The van der Waals surface area contributed by atoms with E-state index in [1.807, 2.05) is 31.2 Å². The summed E-state index contributed by atoms with van der Waals surface area (Å²) in [4.78, 5) is 0.120. The van der Waals surface area contributed by atoms with Gasteiger partial charge < -0.3 is 4.74 Å². The molecule has 0 bridgehead atoms. The molecule has 0 atom stereocenters. The maximum absolute atomic E-state index is 12.4. The topological polar surface area (TPSA) is 86.1 Å². The van der Waals surface area contributed by atoms with Gasteiger partial charge in [-0.15, -0.1) is 5.10 Å². The molecule has 0 spiro atoms. The highest BCUT2D eigenvalue weighted by Gasteiger charge is 2.18. The van der Waals surface area contributed by atoms with Crippen LogP contribution in [-0.4, -0.2) is 23.4 Å². The van der Waals surface area contributed by atoms with Gasteiger partial charge in [0.15, 0.2) is 5.82 Å². The highest BCUT2D eigenvalue weighted by atomic mass is 32.2. The Kier molecular flexibility index (Phi) is 4.45. The van der Waals surface area contributed by atoms with Crippen LogP contribution in [0.15, 0.2) is 53.4 Å². The first-order valence-corrected chi connectivity index (χ1v) is 9.07. The maximum atomic E-state index is 12.4. The van der Waals surface area contributed by atoms with E-state index >= 15 is 0 Å². The van der Waals surface area contributed by atoms with Gasteiger partial charge in [-0.2, -0.15) is 0 Å². The largest absolute Gasteiger partial charge is 0.457 e. The zero-order valence-corrected chi connectivity index (χ0v) is 14.9. The summed E-state index contributed by atoms with van der Waals surface area (Å²) in [6.45, 7) is 3.71. The third kappa shape index (κ3) is 3.80. The minimum atomic E-state index is -3.74. The van der Waals surface area contributed by atoms with E-state index in [2.05, 4.69) is 15.0 Å². The average Bonchev–Trinajstić information content (AvgIpc) is 2.87. The van der Waals surface area contributed by atoms with Gasteiger partial charge >= 0.3 is 0 Å². The molecule has 25 heavy (non-hydrogen) atoms. The minimum absolute atomic E-state index is 0.120. The van der Waals surface area contributed by atoms with Crippen molar-refractivity contribution in [2.45, 2.75) is 18.7 Å². The van der Waals surface area contributed by atoms with E-state index in [0.29, 0.717) is 17.2 Å². The Bertz CT molecular complexity index is 995. The standard InChI is InChI=1S/C17H18N4O3S/c1-12-5-4-6-15(11-12)24-14-7-9-16(10-8-14)25(22,23)19-17-13(2)21(3)20-18-17/h4-11,19H,1-3H3. The van der Waals surface area contributed by atoms with E-state index in [-0.39, 0.29) is 10.7 Å². The number of sulfonamides is 1. The van der Waals surface area contributed by atoms with Gasteiger partial charge in [-0.3, -0.25) is 9.40 Å². The van der Waals surface area contributed by atoms with Crippen molar-refractivity contribution in [1.29, 1.82) is 0 Å². The van der Waals surface area contributed by atoms with Crippen LogP contribution in [0.4, 0.5) is 5.82 Å². The first-order valence-electron chi connectivity index (χ1n) is 7.59. The van der Waals surface area contributed by atoms with Gasteiger partial charge in [0.2, 0.25) is 0 Å². The highest BCUT2D eigenvalue weighted by Crippen LogP contribution is 2.24. The maximum Gasteiger partial charge on any atom is 0.263 e. The first-order chi connectivity index (χ1) is 11.8. The van der Waals surface area contributed by atoms with Crippen LogP contribution in [0.1, 0.15) is 11.3 Å². The van der Waals surface area contributed by atoms with Crippen LogP contribution in [0.5, 0.6) is 11.5 Å².